The molecule has 0 saturated heterocycles. The molecule has 0 bridgehead atoms. The average molecular weight is 1240 g/mol. The summed E-state index contributed by atoms with van der Waals surface area (Å²) in [5.74, 6) is 0.0386. The molecular weight excluding hydrogens is 1140 g/mol. The summed E-state index contributed by atoms with van der Waals surface area (Å²) < 4.78 is 50.4. The SMILES string of the molecule is Cc1cc(F)cc(-c2cc(C(C)(C)CC(C)(C)C)cc(-n3c4cc(C(C)(C)C)ccc4c4ccc(C(C)(C)C)cc43)c2O)c1OCCCOc1ccc(F)cc1-c1cc(C(C)(C)CC(C)(C)C)cc(-n2c3c(c4ccc(C(C)(C)C)cc42)CCC(C(C)(C)C)=C3)c1O. The minimum Gasteiger partial charge on any atom is -0.505 e. The molecule has 0 aliphatic heterocycles. The van der Waals surface area contributed by atoms with E-state index in [1.807, 2.05) is 19.1 Å². The predicted molar refractivity (Wildman–Crippen MR) is 385 cm³/mol. The number of hydrogen-bond acceptors (Lipinski definition) is 4. The van der Waals surface area contributed by atoms with Gasteiger partial charge in [-0.25, -0.2) is 8.78 Å². The van der Waals surface area contributed by atoms with Crippen molar-refractivity contribution in [3.8, 4) is 56.6 Å². The Hall–Kier alpha value is -7.32. The molecule has 1 aliphatic carbocycles. The zero-order chi connectivity index (χ0) is 67.5. The zero-order valence-corrected chi connectivity index (χ0v) is 59.8. The number of allylic oxidation sites excluding steroid dienone is 1. The van der Waals surface area contributed by atoms with Gasteiger partial charge >= 0.3 is 0 Å². The van der Waals surface area contributed by atoms with Crippen molar-refractivity contribution in [2.24, 2.45) is 16.2 Å². The molecule has 0 unspecified atom stereocenters. The normalized spacial score (nSPS) is 14.0. The van der Waals surface area contributed by atoms with Gasteiger partial charge < -0.3 is 28.8 Å². The number of fused-ring (bicyclic) bond motifs is 6. The van der Waals surface area contributed by atoms with Crippen molar-refractivity contribution in [1.29, 1.82) is 0 Å². The Balaban J connectivity index is 1.06. The van der Waals surface area contributed by atoms with Crippen LogP contribution in [0.4, 0.5) is 8.78 Å². The van der Waals surface area contributed by atoms with E-state index >= 15 is 8.78 Å². The molecule has 2 aromatic heterocycles. The van der Waals surface area contributed by atoms with Crippen molar-refractivity contribution in [1.82, 2.24) is 9.13 Å². The number of ether oxygens (including phenoxy) is 2. The van der Waals surface area contributed by atoms with Crippen LogP contribution in [0.15, 0.2) is 115 Å². The van der Waals surface area contributed by atoms with Gasteiger partial charge in [0.1, 0.15) is 34.6 Å². The lowest BCUT2D eigenvalue weighted by molar-refractivity contribution is 0.247. The first kappa shape index (κ1) is 67.6. The molecule has 7 aromatic carbocycles. The van der Waals surface area contributed by atoms with Gasteiger partial charge in [-0.15, -0.1) is 0 Å². The molecule has 0 fully saturated rings. The van der Waals surface area contributed by atoms with Gasteiger partial charge in [0.05, 0.1) is 46.8 Å². The van der Waals surface area contributed by atoms with E-state index in [0.29, 0.717) is 57.1 Å². The molecule has 92 heavy (non-hydrogen) atoms. The lowest BCUT2D eigenvalue weighted by atomic mass is 9.71. The lowest BCUT2D eigenvalue weighted by Gasteiger charge is -2.34. The van der Waals surface area contributed by atoms with Crippen LogP contribution in [0.5, 0.6) is 23.0 Å². The van der Waals surface area contributed by atoms with E-state index < -0.39 is 11.6 Å². The summed E-state index contributed by atoms with van der Waals surface area (Å²) in [6, 6.07) is 36.1. The predicted octanol–water partition coefficient (Wildman–Crippen LogP) is 23.6. The van der Waals surface area contributed by atoms with Gasteiger partial charge in [0.25, 0.3) is 0 Å². The third-order valence-electron chi connectivity index (χ3n) is 19.1. The van der Waals surface area contributed by atoms with Crippen molar-refractivity contribution in [2.75, 3.05) is 13.2 Å². The van der Waals surface area contributed by atoms with Crippen LogP contribution in [0.25, 0.3) is 72.4 Å². The van der Waals surface area contributed by atoms with E-state index in [-0.39, 0.29) is 68.0 Å². The largest absolute Gasteiger partial charge is 0.505 e. The lowest BCUT2D eigenvalue weighted by Crippen LogP contribution is -2.25. The summed E-state index contributed by atoms with van der Waals surface area (Å²) >= 11 is 0. The maximum absolute atomic E-state index is 16.3. The van der Waals surface area contributed by atoms with Gasteiger partial charge in [-0.2, -0.15) is 0 Å². The number of rotatable bonds is 14. The summed E-state index contributed by atoms with van der Waals surface area (Å²) in [6.45, 7) is 51.6. The van der Waals surface area contributed by atoms with E-state index in [2.05, 4.69) is 234 Å². The highest BCUT2D eigenvalue weighted by Crippen LogP contribution is 2.52. The second-order valence-corrected chi connectivity index (χ2v) is 34.7. The van der Waals surface area contributed by atoms with Crippen LogP contribution in [0, 0.1) is 34.8 Å². The number of aromatic nitrogens is 2. The first-order valence-corrected chi connectivity index (χ1v) is 33.5. The van der Waals surface area contributed by atoms with Crippen molar-refractivity contribution in [3.63, 3.8) is 0 Å². The standard InChI is InChI=1S/C84H104F2N2O4/c1-50-37-58(86)47-66(65-39-56(84(22,23)49-78(5,6)7)45-72(75(65)90)88-69-42-53(81(14,15)16)27-32-61(69)62-33-28-54(43-70(62)88)82(17,18)19)76(50)92-36-24-35-91-73-34-29-57(85)46-63(73)64-38-55(83(20,21)48-77(2,3)4)44-71(74(64)89)87-67-40-51(79(8,9)10)25-30-59(67)60-31-26-52(41-68(60)87)80(11,12)13/h25,27-30,32-34,37-47,89-90H,24,26,31,35-36,48-49H2,1-23H3. The van der Waals surface area contributed by atoms with Gasteiger partial charge in [-0.3, -0.25) is 0 Å². The Bertz CT molecular complexity index is 4290. The van der Waals surface area contributed by atoms with Crippen molar-refractivity contribution in [3.05, 3.63) is 171 Å². The van der Waals surface area contributed by atoms with Crippen LogP contribution >= 0.6 is 0 Å². The van der Waals surface area contributed by atoms with E-state index in [4.69, 9.17) is 9.47 Å². The number of phenolic OH excluding ortho intramolecular Hbond substituents is 2. The van der Waals surface area contributed by atoms with Crippen LogP contribution < -0.4 is 9.47 Å². The number of aromatic hydroxyl groups is 2. The average Bonchev–Trinajstić information content (AvgIpc) is 1.56. The highest BCUT2D eigenvalue weighted by atomic mass is 19.1. The van der Waals surface area contributed by atoms with Crippen LogP contribution in [-0.2, 0) is 33.5 Å². The fourth-order valence-corrected chi connectivity index (χ4v) is 14.8. The third kappa shape index (κ3) is 13.6. The fraction of sp³-hybridized carbons (Fsp3) is 0.452. The Morgan fingerprint density at radius 3 is 1.35 bits per heavy atom. The molecule has 0 atom stereocenters. The molecule has 0 saturated carbocycles. The first-order valence-electron chi connectivity index (χ1n) is 33.5. The van der Waals surface area contributed by atoms with Crippen molar-refractivity contribution in [2.45, 2.75) is 218 Å². The second-order valence-electron chi connectivity index (χ2n) is 34.7. The second kappa shape index (κ2) is 23.6. The Kier molecular flexibility index (Phi) is 17.3. The Labute approximate surface area is 549 Å². The Morgan fingerprint density at radius 2 is 0.870 bits per heavy atom. The maximum Gasteiger partial charge on any atom is 0.147 e. The van der Waals surface area contributed by atoms with Crippen molar-refractivity contribution < 1.29 is 28.5 Å². The van der Waals surface area contributed by atoms with E-state index in [0.717, 1.165) is 75.2 Å². The summed E-state index contributed by atoms with van der Waals surface area (Å²) in [5.41, 5.74) is 14.5. The maximum atomic E-state index is 16.3. The number of phenols is 2. The van der Waals surface area contributed by atoms with Crippen LogP contribution in [-0.4, -0.2) is 32.6 Å². The Morgan fingerprint density at radius 1 is 0.424 bits per heavy atom. The fourth-order valence-electron chi connectivity index (χ4n) is 14.8. The van der Waals surface area contributed by atoms with Crippen LogP contribution in [0.2, 0.25) is 0 Å². The summed E-state index contributed by atoms with van der Waals surface area (Å²) in [7, 11) is 0. The van der Waals surface area contributed by atoms with Crippen molar-refractivity contribution >= 4 is 38.8 Å². The summed E-state index contributed by atoms with van der Waals surface area (Å²) in [5, 5.41) is 29.7. The number of aryl methyl sites for hydroxylation is 2. The van der Waals surface area contributed by atoms with E-state index in [1.165, 1.54) is 52.1 Å². The molecule has 8 heteroatoms. The first-order chi connectivity index (χ1) is 42.4. The molecule has 488 valence electrons. The van der Waals surface area contributed by atoms with E-state index in [9.17, 15) is 10.2 Å². The third-order valence-corrected chi connectivity index (χ3v) is 19.1. The number of halogens is 2. The van der Waals surface area contributed by atoms with Crippen LogP contribution in [0.1, 0.15) is 223 Å². The highest BCUT2D eigenvalue weighted by Gasteiger charge is 2.35. The molecular formula is C84H104F2N2O4. The molecule has 2 N–H and O–H groups in total. The zero-order valence-electron chi connectivity index (χ0n) is 59.8. The molecule has 2 heterocycles. The van der Waals surface area contributed by atoms with E-state index in [1.54, 1.807) is 6.07 Å². The monoisotopic (exact) mass is 1240 g/mol. The summed E-state index contributed by atoms with van der Waals surface area (Å²) in [6.07, 6.45) is 6.25. The molecule has 9 aromatic rings. The quantitative estimate of drug-likeness (QED) is 0.106. The smallest absolute Gasteiger partial charge is 0.147 e. The van der Waals surface area contributed by atoms with Crippen LogP contribution in [0.3, 0.4) is 0 Å². The molecule has 6 nitrogen and oxygen atoms in total. The number of benzene rings is 7. The van der Waals surface area contributed by atoms with Gasteiger partial charge in [0.2, 0.25) is 0 Å². The highest BCUT2D eigenvalue weighted by molar-refractivity contribution is 6.10. The molecule has 1 aliphatic rings. The number of nitrogens with zero attached hydrogens (tertiary/aromatic N) is 2. The van der Waals surface area contributed by atoms with Gasteiger partial charge in [-0.05, 0) is 194 Å². The minimum atomic E-state index is -0.452. The topological polar surface area (TPSA) is 68.8 Å². The molecule has 0 radical (unpaired) electrons. The molecule has 0 spiro atoms. The molecule has 0 amide bonds. The molecule has 10 rings (SSSR count). The van der Waals surface area contributed by atoms with Gasteiger partial charge in [-0.1, -0.05) is 194 Å². The summed E-state index contributed by atoms with van der Waals surface area (Å²) in [4.78, 5) is 0. The van der Waals surface area contributed by atoms with Gasteiger partial charge in [0.15, 0.2) is 0 Å². The number of hydrogen-bond donors (Lipinski definition) is 2. The van der Waals surface area contributed by atoms with Gasteiger partial charge in [0, 0.05) is 44.8 Å². The minimum absolute atomic E-state index is 0.0198.